The highest BCUT2D eigenvalue weighted by Crippen LogP contribution is 2.18. The minimum atomic E-state index is -0.409. The van der Waals surface area contributed by atoms with E-state index in [1.165, 1.54) is 4.80 Å². The highest BCUT2D eigenvalue weighted by Gasteiger charge is 2.07. The van der Waals surface area contributed by atoms with E-state index in [0.29, 0.717) is 6.42 Å². The third-order valence-corrected chi connectivity index (χ3v) is 2.61. The van der Waals surface area contributed by atoms with Crippen LogP contribution in [0.2, 0.25) is 0 Å². The fraction of sp³-hybridized carbons (Fsp3) is 0.417. The van der Waals surface area contributed by atoms with Crippen LogP contribution in [-0.4, -0.2) is 25.3 Å². The van der Waals surface area contributed by atoms with Crippen LogP contribution < -0.4 is 0 Å². The first kappa shape index (κ1) is 11.7. The van der Waals surface area contributed by atoms with Crippen molar-refractivity contribution in [1.29, 1.82) is 0 Å². The molecule has 0 aliphatic heterocycles. The lowest BCUT2D eigenvalue weighted by atomic mass is 10.0. The van der Waals surface area contributed by atoms with Crippen molar-refractivity contribution in [3.8, 4) is 0 Å². The van der Waals surface area contributed by atoms with Crippen LogP contribution in [0.1, 0.15) is 30.3 Å². The van der Waals surface area contributed by atoms with Gasteiger partial charge < -0.3 is 5.11 Å². The maximum atomic E-state index is 9.94. The molecule has 1 N–H and O–H groups in total. The molecule has 0 saturated heterocycles. The molecule has 2 aromatic rings. The maximum Gasteiger partial charge on any atom is 0.174 e. The maximum absolute atomic E-state index is 9.94. The van der Waals surface area contributed by atoms with Gasteiger partial charge in [0, 0.05) is 6.42 Å². The number of aromatic nitrogens is 4. The van der Waals surface area contributed by atoms with E-state index in [1.807, 2.05) is 30.3 Å². The van der Waals surface area contributed by atoms with Gasteiger partial charge in [0.2, 0.25) is 0 Å². The Kier molecular flexibility index (Phi) is 3.82. The number of rotatable bonds is 5. The Balaban J connectivity index is 1.79. The third kappa shape index (κ3) is 3.35. The summed E-state index contributed by atoms with van der Waals surface area (Å²) in [4.78, 5) is 1.45. The summed E-state index contributed by atoms with van der Waals surface area (Å²) in [6, 6.07) is 9.68. The zero-order valence-electron chi connectivity index (χ0n) is 9.82. The smallest absolute Gasteiger partial charge is 0.174 e. The summed E-state index contributed by atoms with van der Waals surface area (Å²) >= 11 is 0. The molecular formula is C12H16N4O. The van der Waals surface area contributed by atoms with Gasteiger partial charge in [0.1, 0.15) is 0 Å². The second-order valence-corrected chi connectivity index (χ2v) is 4.01. The lowest BCUT2D eigenvalue weighted by molar-refractivity contribution is 0.164. The Morgan fingerprint density at radius 1 is 1.29 bits per heavy atom. The van der Waals surface area contributed by atoms with E-state index >= 15 is 0 Å². The second kappa shape index (κ2) is 5.54. The second-order valence-electron chi connectivity index (χ2n) is 4.01. The summed E-state index contributed by atoms with van der Waals surface area (Å²) in [6.07, 6.45) is 1.90. The van der Waals surface area contributed by atoms with E-state index in [4.69, 9.17) is 0 Å². The summed E-state index contributed by atoms with van der Waals surface area (Å²) < 4.78 is 0. The van der Waals surface area contributed by atoms with Crippen molar-refractivity contribution in [2.24, 2.45) is 7.05 Å². The molecule has 0 saturated carbocycles. The van der Waals surface area contributed by atoms with E-state index in [-0.39, 0.29) is 0 Å². The SMILES string of the molecule is Cn1nnc(CCCC(O)c2ccccc2)n1. The van der Waals surface area contributed by atoms with E-state index < -0.39 is 6.10 Å². The highest BCUT2D eigenvalue weighted by molar-refractivity contribution is 5.17. The molecule has 90 valence electrons. The first-order valence-electron chi connectivity index (χ1n) is 5.71. The molecule has 0 bridgehead atoms. The van der Waals surface area contributed by atoms with Gasteiger partial charge in [0.05, 0.1) is 13.2 Å². The molecule has 5 heteroatoms. The average molecular weight is 232 g/mol. The molecule has 0 radical (unpaired) electrons. The normalized spacial score (nSPS) is 12.6. The van der Waals surface area contributed by atoms with Gasteiger partial charge in [0.15, 0.2) is 5.82 Å². The predicted molar refractivity (Wildman–Crippen MR) is 63.1 cm³/mol. The van der Waals surface area contributed by atoms with E-state index in [1.54, 1.807) is 7.05 Å². The van der Waals surface area contributed by atoms with Crippen LogP contribution in [0.25, 0.3) is 0 Å². The van der Waals surface area contributed by atoms with Crippen LogP contribution in [0.15, 0.2) is 30.3 Å². The van der Waals surface area contributed by atoms with Gasteiger partial charge >= 0.3 is 0 Å². The van der Waals surface area contributed by atoms with Gasteiger partial charge in [-0.3, -0.25) is 0 Å². The van der Waals surface area contributed by atoms with Crippen molar-refractivity contribution in [3.63, 3.8) is 0 Å². The number of tetrazole rings is 1. The number of aliphatic hydroxyl groups excluding tert-OH is 1. The van der Waals surface area contributed by atoms with Gasteiger partial charge in [0.25, 0.3) is 0 Å². The molecular weight excluding hydrogens is 216 g/mol. The van der Waals surface area contributed by atoms with Crippen LogP contribution >= 0.6 is 0 Å². The summed E-state index contributed by atoms with van der Waals surface area (Å²) in [5.41, 5.74) is 0.958. The third-order valence-electron chi connectivity index (χ3n) is 2.61. The molecule has 0 aliphatic rings. The Labute approximate surface area is 100 Å². The number of aliphatic hydroxyl groups is 1. The van der Waals surface area contributed by atoms with Crippen molar-refractivity contribution in [1.82, 2.24) is 20.2 Å². The molecule has 17 heavy (non-hydrogen) atoms. The number of aryl methyl sites for hydroxylation is 2. The van der Waals surface area contributed by atoms with E-state index in [2.05, 4.69) is 15.4 Å². The fourth-order valence-electron chi connectivity index (χ4n) is 1.72. The zero-order chi connectivity index (χ0) is 12.1. The molecule has 1 unspecified atom stereocenters. The minimum absolute atomic E-state index is 0.409. The van der Waals surface area contributed by atoms with E-state index in [9.17, 15) is 5.11 Å². The first-order valence-corrected chi connectivity index (χ1v) is 5.71. The summed E-state index contributed by atoms with van der Waals surface area (Å²) in [5.74, 6) is 0.729. The highest BCUT2D eigenvalue weighted by atomic mass is 16.3. The molecule has 1 aromatic heterocycles. The number of nitrogens with zero attached hydrogens (tertiary/aromatic N) is 4. The fourth-order valence-corrected chi connectivity index (χ4v) is 1.72. The monoisotopic (exact) mass is 232 g/mol. The van der Waals surface area contributed by atoms with Gasteiger partial charge in [-0.05, 0) is 23.6 Å². The van der Waals surface area contributed by atoms with Crippen molar-refractivity contribution >= 4 is 0 Å². The molecule has 0 spiro atoms. The number of hydrogen-bond acceptors (Lipinski definition) is 4. The molecule has 5 nitrogen and oxygen atoms in total. The van der Waals surface area contributed by atoms with Crippen molar-refractivity contribution in [3.05, 3.63) is 41.7 Å². The summed E-state index contributed by atoms with van der Waals surface area (Å²) in [5, 5.41) is 21.7. The Hall–Kier alpha value is -1.75. The topological polar surface area (TPSA) is 63.8 Å². The number of hydrogen-bond donors (Lipinski definition) is 1. The van der Waals surface area contributed by atoms with Crippen LogP contribution in [0, 0.1) is 0 Å². The van der Waals surface area contributed by atoms with Crippen LogP contribution in [0.3, 0.4) is 0 Å². The molecule has 2 rings (SSSR count). The van der Waals surface area contributed by atoms with Gasteiger partial charge in [-0.25, -0.2) is 0 Å². The lowest BCUT2D eigenvalue weighted by Crippen LogP contribution is -1.99. The van der Waals surface area contributed by atoms with Gasteiger partial charge in [-0.1, -0.05) is 30.3 Å². The number of benzene rings is 1. The van der Waals surface area contributed by atoms with Gasteiger partial charge in [-0.2, -0.15) is 4.80 Å². The first-order chi connectivity index (χ1) is 8.25. The quantitative estimate of drug-likeness (QED) is 0.843. The molecule has 0 aliphatic carbocycles. The molecule has 1 aromatic carbocycles. The Morgan fingerprint density at radius 3 is 2.71 bits per heavy atom. The summed E-state index contributed by atoms with van der Waals surface area (Å²) in [6.45, 7) is 0. The molecule has 1 heterocycles. The van der Waals surface area contributed by atoms with E-state index in [0.717, 1.165) is 24.2 Å². The molecule has 1 atom stereocenters. The standard InChI is InChI=1S/C12H16N4O/c1-16-14-12(13-15-16)9-5-8-11(17)10-6-3-2-4-7-10/h2-4,6-7,11,17H,5,8-9H2,1H3. The minimum Gasteiger partial charge on any atom is -0.388 e. The Morgan fingerprint density at radius 2 is 2.06 bits per heavy atom. The largest absolute Gasteiger partial charge is 0.388 e. The average Bonchev–Trinajstić information content (AvgIpc) is 2.76. The summed E-state index contributed by atoms with van der Waals surface area (Å²) in [7, 11) is 1.75. The van der Waals surface area contributed by atoms with Crippen LogP contribution in [-0.2, 0) is 13.5 Å². The zero-order valence-corrected chi connectivity index (χ0v) is 9.82. The predicted octanol–water partition coefficient (Wildman–Crippen LogP) is 1.27. The van der Waals surface area contributed by atoms with Gasteiger partial charge in [-0.15, -0.1) is 10.2 Å². The van der Waals surface area contributed by atoms with Crippen molar-refractivity contribution < 1.29 is 5.11 Å². The van der Waals surface area contributed by atoms with Crippen molar-refractivity contribution in [2.45, 2.75) is 25.4 Å². The van der Waals surface area contributed by atoms with Crippen LogP contribution in [0.4, 0.5) is 0 Å². The lowest BCUT2D eigenvalue weighted by Gasteiger charge is -2.09. The molecule has 0 amide bonds. The molecule has 0 fully saturated rings. The van der Waals surface area contributed by atoms with Crippen molar-refractivity contribution in [2.75, 3.05) is 0 Å². The van der Waals surface area contributed by atoms with Crippen LogP contribution in [0.5, 0.6) is 0 Å². The Bertz CT molecular complexity index is 455.